The number of carbonyl (C=O) groups is 1. The van der Waals surface area contributed by atoms with Crippen molar-refractivity contribution in [3.8, 4) is 11.9 Å². The van der Waals surface area contributed by atoms with Gasteiger partial charge >= 0.3 is 0 Å². The molecular formula is C23H26N6O. The van der Waals surface area contributed by atoms with Gasteiger partial charge in [-0.1, -0.05) is 33.8 Å². The Bertz CT molecular complexity index is 1050. The highest BCUT2D eigenvalue weighted by Gasteiger charge is 2.19. The Morgan fingerprint density at radius 2 is 1.70 bits per heavy atom. The molecule has 0 saturated heterocycles. The Kier molecular flexibility index (Phi) is 6.26. The first-order valence-electron chi connectivity index (χ1n) is 10.0. The van der Waals surface area contributed by atoms with Gasteiger partial charge in [-0.05, 0) is 54.2 Å². The molecule has 3 aromatic rings. The molecule has 30 heavy (non-hydrogen) atoms. The zero-order valence-electron chi connectivity index (χ0n) is 17.9. The number of nitrogens with zero attached hydrogens (tertiary/aromatic N) is 5. The number of pyridine rings is 1. The van der Waals surface area contributed by atoms with Gasteiger partial charge in [0.15, 0.2) is 11.6 Å². The third-order valence-electron chi connectivity index (χ3n) is 4.98. The van der Waals surface area contributed by atoms with E-state index in [1.54, 1.807) is 16.8 Å². The highest BCUT2D eigenvalue weighted by Crippen LogP contribution is 2.24. The van der Waals surface area contributed by atoms with Crippen LogP contribution in [0.1, 0.15) is 85.4 Å². The third-order valence-corrected chi connectivity index (χ3v) is 4.98. The first kappa shape index (κ1) is 21.2. The molecule has 7 heteroatoms. The Labute approximate surface area is 176 Å². The molecule has 154 valence electrons. The molecule has 0 fully saturated rings. The van der Waals surface area contributed by atoms with E-state index in [1.165, 1.54) is 12.5 Å². The topological polar surface area (TPSA) is 96.5 Å². The highest BCUT2D eigenvalue weighted by molar-refractivity contribution is 5.94. The maximum absolute atomic E-state index is 13.0. The van der Waals surface area contributed by atoms with Crippen molar-refractivity contribution >= 4 is 5.91 Å². The number of hydrogen-bond acceptors (Lipinski definition) is 5. The van der Waals surface area contributed by atoms with Crippen molar-refractivity contribution in [1.82, 2.24) is 25.1 Å². The second-order valence-electron chi connectivity index (χ2n) is 7.94. The van der Waals surface area contributed by atoms with Crippen LogP contribution in [-0.2, 0) is 0 Å². The van der Waals surface area contributed by atoms with Gasteiger partial charge < -0.3 is 5.32 Å². The van der Waals surface area contributed by atoms with Crippen LogP contribution in [0, 0.1) is 11.3 Å². The molecule has 0 aliphatic carbocycles. The summed E-state index contributed by atoms with van der Waals surface area (Å²) in [7, 11) is 0. The summed E-state index contributed by atoms with van der Waals surface area (Å²) in [5.41, 5.74) is 3.39. The zero-order chi connectivity index (χ0) is 21.8. The number of hydrogen-bond donors (Lipinski definition) is 1. The minimum Gasteiger partial charge on any atom is -0.342 e. The average molecular weight is 403 g/mol. The standard InChI is InChI=1S/C23H26N6O/c1-14(2)18-8-19(15(3)4)10-20(9-18)23(30)28-16(5)22-26-13-27-29(22)21-7-6-17(11-24)12-25-21/h6-10,12-16H,1-5H3,(H,28,30)/t16-/m0/s1. The molecule has 2 heterocycles. The molecule has 0 saturated carbocycles. The summed E-state index contributed by atoms with van der Waals surface area (Å²) in [5.74, 6) is 1.60. The molecule has 1 amide bonds. The normalized spacial score (nSPS) is 12.1. The number of nitriles is 1. The minimum atomic E-state index is -0.386. The van der Waals surface area contributed by atoms with Crippen LogP contribution in [0.25, 0.3) is 5.82 Å². The maximum Gasteiger partial charge on any atom is 0.251 e. The van der Waals surface area contributed by atoms with Crippen LogP contribution in [0.15, 0.2) is 42.9 Å². The Hall–Kier alpha value is -3.53. The van der Waals surface area contributed by atoms with E-state index < -0.39 is 0 Å². The van der Waals surface area contributed by atoms with Gasteiger partial charge in [0.2, 0.25) is 0 Å². The molecule has 0 radical (unpaired) electrons. The summed E-state index contributed by atoms with van der Waals surface area (Å²) in [6.45, 7) is 10.3. The lowest BCUT2D eigenvalue weighted by Gasteiger charge is -2.17. The maximum atomic E-state index is 13.0. The van der Waals surface area contributed by atoms with Crippen LogP contribution in [0.3, 0.4) is 0 Å². The second kappa shape index (κ2) is 8.87. The molecule has 2 aromatic heterocycles. The monoisotopic (exact) mass is 402 g/mol. The summed E-state index contributed by atoms with van der Waals surface area (Å²) >= 11 is 0. The van der Waals surface area contributed by atoms with Crippen molar-refractivity contribution in [3.05, 3.63) is 70.9 Å². The fourth-order valence-electron chi connectivity index (χ4n) is 3.12. The molecule has 0 aliphatic rings. The van der Waals surface area contributed by atoms with E-state index in [0.717, 1.165) is 11.1 Å². The summed E-state index contributed by atoms with van der Waals surface area (Å²) in [5, 5.41) is 16.2. The van der Waals surface area contributed by atoms with Crippen molar-refractivity contribution in [1.29, 1.82) is 5.26 Å². The number of nitrogens with one attached hydrogen (secondary N) is 1. The van der Waals surface area contributed by atoms with Crippen LogP contribution in [0.4, 0.5) is 0 Å². The third kappa shape index (κ3) is 4.54. The van der Waals surface area contributed by atoms with E-state index in [4.69, 9.17) is 5.26 Å². The van der Waals surface area contributed by atoms with Gasteiger partial charge in [0, 0.05) is 11.8 Å². The van der Waals surface area contributed by atoms with E-state index >= 15 is 0 Å². The highest BCUT2D eigenvalue weighted by atomic mass is 16.1. The molecule has 1 aromatic carbocycles. The molecular weight excluding hydrogens is 376 g/mol. The van der Waals surface area contributed by atoms with Crippen molar-refractivity contribution in [2.75, 3.05) is 0 Å². The number of benzene rings is 1. The number of carbonyl (C=O) groups excluding carboxylic acids is 1. The van der Waals surface area contributed by atoms with Crippen LogP contribution in [0.2, 0.25) is 0 Å². The van der Waals surface area contributed by atoms with Crippen LogP contribution >= 0.6 is 0 Å². The average Bonchev–Trinajstić information content (AvgIpc) is 3.23. The lowest BCUT2D eigenvalue weighted by Crippen LogP contribution is -2.29. The molecule has 3 rings (SSSR count). The molecule has 0 aliphatic heterocycles. The van der Waals surface area contributed by atoms with E-state index in [0.29, 0.717) is 34.6 Å². The second-order valence-corrected chi connectivity index (χ2v) is 7.94. The molecule has 0 spiro atoms. The summed E-state index contributed by atoms with van der Waals surface area (Å²) < 4.78 is 1.57. The molecule has 1 atom stereocenters. The largest absolute Gasteiger partial charge is 0.342 e. The summed E-state index contributed by atoms with van der Waals surface area (Å²) in [4.78, 5) is 21.6. The fourth-order valence-corrected chi connectivity index (χ4v) is 3.12. The smallest absolute Gasteiger partial charge is 0.251 e. The Morgan fingerprint density at radius 3 is 2.23 bits per heavy atom. The zero-order valence-corrected chi connectivity index (χ0v) is 17.9. The molecule has 0 unspecified atom stereocenters. The van der Waals surface area contributed by atoms with Gasteiger partial charge in [-0.25, -0.2) is 9.97 Å². The predicted octanol–water partition coefficient (Wildman–Crippen LogP) is 4.27. The van der Waals surface area contributed by atoms with E-state index in [2.05, 4.69) is 54.1 Å². The van der Waals surface area contributed by atoms with E-state index in [-0.39, 0.29) is 11.9 Å². The quantitative estimate of drug-likeness (QED) is 0.664. The number of aromatic nitrogens is 4. The fraction of sp³-hybridized carbons (Fsp3) is 0.348. The Balaban J connectivity index is 1.85. The van der Waals surface area contributed by atoms with Gasteiger partial charge in [0.1, 0.15) is 12.4 Å². The number of rotatable bonds is 6. The van der Waals surface area contributed by atoms with Crippen molar-refractivity contribution in [2.45, 2.75) is 52.5 Å². The van der Waals surface area contributed by atoms with Gasteiger partial charge in [0.05, 0.1) is 11.6 Å². The van der Waals surface area contributed by atoms with Gasteiger partial charge in [-0.15, -0.1) is 0 Å². The van der Waals surface area contributed by atoms with Gasteiger partial charge in [-0.3, -0.25) is 4.79 Å². The van der Waals surface area contributed by atoms with E-state index in [1.807, 2.05) is 25.1 Å². The Morgan fingerprint density at radius 1 is 1.03 bits per heavy atom. The van der Waals surface area contributed by atoms with Crippen LogP contribution in [0.5, 0.6) is 0 Å². The van der Waals surface area contributed by atoms with Gasteiger partial charge in [0.25, 0.3) is 5.91 Å². The first-order valence-corrected chi connectivity index (χ1v) is 10.0. The SMILES string of the molecule is CC(C)c1cc(C(=O)N[C@@H](C)c2ncnn2-c2ccc(C#N)cn2)cc(C(C)C)c1. The van der Waals surface area contributed by atoms with Crippen molar-refractivity contribution < 1.29 is 4.79 Å². The van der Waals surface area contributed by atoms with Crippen molar-refractivity contribution in [3.63, 3.8) is 0 Å². The van der Waals surface area contributed by atoms with Crippen LogP contribution in [-0.4, -0.2) is 25.7 Å². The summed E-state index contributed by atoms with van der Waals surface area (Å²) in [6, 6.07) is 11.1. The lowest BCUT2D eigenvalue weighted by atomic mass is 9.93. The predicted molar refractivity (Wildman–Crippen MR) is 114 cm³/mol. The van der Waals surface area contributed by atoms with E-state index in [9.17, 15) is 4.79 Å². The molecule has 7 nitrogen and oxygen atoms in total. The minimum absolute atomic E-state index is 0.158. The van der Waals surface area contributed by atoms with Gasteiger partial charge in [-0.2, -0.15) is 15.0 Å². The summed E-state index contributed by atoms with van der Waals surface area (Å²) in [6.07, 6.45) is 2.91. The van der Waals surface area contributed by atoms with Crippen LogP contribution < -0.4 is 5.32 Å². The van der Waals surface area contributed by atoms with Crippen molar-refractivity contribution in [2.24, 2.45) is 0 Å². The lowest BCUT2D eigenvalue weighted by molar-refractivity contribution is 0.0937. The molecule has 1 N–H and O–H groups in total. The first-order chi connectivity index (χ1) is 14.3. The number of amides is 1. The molecule has 0 bridgehead atoms.